The van der Waals surface area contributed by atoms with Gasteiger partial charge in [-0.05, 0) is 49.0 Å². The van der Waals surface area contributed by atoms with E-state index < -0.39 is 5.92 Å². The predicted molar refractivity (Wildman–Crippen MR) is 126 cm³/mol. The maximum Gasteiger partial charge on any atom is 0.265 e. The van der Waals surface area contributed by atoms with Crippen molar-refractivity contribution in [3.05, 3.63) is 78.1 Å². The molecule has 7 heteroatoms. The third-order valence-corrected chi connectivity index (χ3v) is 6.33. The zero-order chi connectivity index (χ0) is 22.4. The van der Waals surface area contributed by atoms with Crippen molar-refractivity contribution in [2.45, 2.75) is 31.6 Å². The summed E-state index contributed by atoms with van der Waals surface area (Å²) in [4.78, 5) is 35.5. The van der Waals surface area contributed by atoms with Crippen LogP contribution in [0, 0.1) is 0 Å². The third-order valence-electron chi connectivity index (χ3n) is 6.33. The van der Waals surface area contributed by atoms with Crippen molar-refractivity contribution in [3.63, 3.8) is 0 Å². The van der Waals surface area contributed by atoms with E-state index in [-0.39, 0.29) is 11.8 Å². The van der Waals surface area contributed by atoms with Crippen LogP contribution >= 0.6 is 0 Å². The van der Waals surface area contributed by atoms with Gasteiger partial charge in [-0.2, -0.15) is 9.78 Å². The number of carbonyl (C=O) groups is 2. The molecule has 0 spiro atoms. The van der Waals surface area contributed by atoms with Crippen LogP contribution in [0.4, 0.5) is 5.82 Å². The van der Waals surface area contributed by atoms with Crippen molar-refractivity contribution in [2.24, 2.45) is 0 Å². The number of hydrogen-bond acceptors (Lipinski definition) is 5. The Morgan fingerprint density at radius 1 is 0.939 bits per heavy atom. The van der Waals surface area contributed by atoms with Crippen LogP contribution in [0.15, 0.2) is 67.0 Å². The lowest BCUT2D eigenvalue weighted by Gasteiger charge is -2.24. The van der Waals surface area contributed by atoms with E-state index in [4.69, 9.17) is 5.10 Å². The number of carbonyl (C=O) groups excluding carboxylic acids is 2. The highest BCUT2D eigenvalue weighted by Crippen LogP contribution is 2.41. The Labute approximate surface area is 190 Å². The number of benzene rings is 2. The molecule has 1 aliphatic heterocycles. The number of anilines is 1. The number of aromatic nitrogens is 4. The van der Waals surface area contributed by atoms with Gasteiger partial charge >= 0.3 is 0 Å². The monoisotopic (exact) mass is 435 g/mol. The maximum absolute atomic E-state index is 13.6. The molecular weight excluding hydrogens is 414 g/mol. The van der Waals surface area contributed by atoms with Gasteiger partial charge in [0.15, 0.2) is 0 Å². The minimum absolute atomic E-state index is 0.354. The third kappa shape index (κ3) is 3.24. The summed E-state index contributed by atoms with van der Waals surface area (Å²) in [6, 6.07) is 15.1. The van der Waals surface area contributed by atoms with E-state index >= 15 is 0 Å². The number of nitrogens with zero attached hydrogens (tertiary/aromatic N) is 4. The van der Waals surface area contributed by atoms with Gasteiger partial charge in [-0.1, -0.05) is 42.5 Å². The van der Waals surface area contributed by atoms with Crippen molar-refractivity contribution >= 4 is 34.2 Å². The summed E-state index contributed by atoms with van der Waals surface area (Å²) >= 11 is 0. The zero-order valence-electron chi connectivity index (χ0n) is 17.9. The Morgan fingerprint density at radius 3 is 2.55 bits per heavy atom. The van der Waals surface area contributed by atoms with E-state index in [2.05, 4.69) is 21.4 Å². The topological polar surface area (TPSA) is 89.8 Å². The second-order valence-electron chi connectivity index (χ2n) is 8.39. The molecule has 0 radical (unpaired) electrons. The molecule has 162 valence electrons. The molecular formula is C26H21N5O2. The van der Waals surface area contributed by atoms with Crippen molar-refractivity contribution in [3.8, 4) is 11.3 Å². The lowest BCUT2D eigenvalue weighted by molar-refractivity contribution is -0.117. The van der Waals surface area contributed by atoms with E-state index in [1.807, 2.05) is 30.3 Å². The molecule has 2 aliphatic rings. The van der Waals surface area contributed by atoms with Crippen LogP contribution < -0.4 is 5.32 Å². The highest BCUT2D eigenvalue weighted by molar-refractivity contribution is 6.17. The number of allylic oxidation sites excluding steroid dienone is 2. The molecule has 1 atom stereocenters. The number of fused-ring (bicyclic) bond motifs is 2. The molecule has 0 saturated carbocycles. The van der Waals surface area contributed by atoms with E-state index in [0.29, 0.717) is 22.4 Å². The minimum atomic E-state index is -0.999. The van der Waals surface area contributed by atoms with Crippen molar-refractivity contribution in [2.75, 3.05) is 5.32 Å². The summed E-state index contributed by atoms with van der Waals surface area (Å²) in [6.45, 7) is 0. The van der Waals surface area contributed by atoms with Gasteiger partial charge in [0.2, 0.25) is 5.91 Å². The Hall–Kier alpha value is -4.13. The number of rotatable bonds is 3. The summed E-state index contributed by atoms with van der Waals surface area (Å²) in [6.07, 6.45) is 9.52. The average molecular weight is 435 g/mol. The van der Waals surface area contributed by atoms with Crippen LogP contribution in [0.1, 0.15) is 47.5 Å². The van der Waals surface area contributed by atoms with Gasteiger partial charge in [-0.15, -0.1) is 0 Å². The van der Waals surface area contributed by atoms with Gasteiger partial charge < -0.3 is 5.32 Å². The Morgan fingerprint density at radius 2 is 1.76 bits per heavy atom. The fourth-order valence-electron chi connectivity index (χ4n) is 4.74. The largest absolute Gasteiger partial charge is 0.309 e. The summed E-state index contributed by atoms with van der Waals surface area (Å²) in [5.74, 6) is -1.25. The van der Waals surface area contributed by atoms with Gasteiger partial charge in [0, 0.05) is 23.5 Å². The number of amides is 1. The van der Waals surface area contributed by atoms with Gasteiger partial charge in [-0.3, -0.25) is 19.6 Å². The van der Waals surface area contributed by atoms with Crippen LogP contribution in [0.3, 0.4) is 0 Å². The highest BCUT2D eigenvalue weighted by Gasteiger charge is 2.40. The fraction of sp³-hybridized carbons (Fsp3) is 0.192. The van der Waals surface area contributed by atoms with Crippen LogP contribution in [-0.4, -0.2) is 31.6 Å². The summed E-state index contributed by atoms with van der Waals surface area (Å²) in [5.41, 5.74) is 5.55. The second kappa shape index (κ2) is 7.78. The first-order chi connectivity index (χ1) is 16.2. The standard InChI is InChI=1S/C26H21N5O2/c32-25-22(18-11-12-19-20(15-18)28-14-13-27-19)26(33)31-24(29-25)21(16-7-3-1-4-8-16)23(30-31)17-9-5-2-6-10-17/h2,5-7,9-15,22H,1,3-4,8H2,(H,29,32). The molecule has 6 rings (SSSR count). The molecule has 1 unspecified atom stereocenters. The molecule has 7 nitrogen and oxygen atoms in total. The minimum Gasteiger partial charge on any atom is -0.309 e. The molecule has 4 aromatic rings. The van der Waals surface area contributed by atoms with E-state index in [0.717, 1.165) is 48.1 Å². The number of nitrogens with one attached hydrogen (secondary N) is 1. The van der Waals surface area contributed by atoms with E-state index in [1.165, 1.54) is 4.68 Å². The molecule has 0 fully saturated rings. The van der Waals surface area contributed by atoms with Gasteiger partial charge in [0.25, 0.3) is 5.91 Å². The lowest BCUT2D eigenvalue weighted by atomic mass is 9.90. The van der Waals surface area contributed by atoms with E-state index in [9.17, 15) is 9.59 Å². The molecule has 0 saturated heterocycles. The number of hydrogen-bond donors (Lipinski definition) is 1. The van der Waals surface area contributed by atoms with Gasteiger partial charge in [-0.25, -0.2) is 0 Å². The maximum atomic E-state index is 13.6. The molecule has 3 heterocycles. The van der Waals surface area contributed by atoms with E-state index in [1.54, 1.807) is 30.6 Å². The Balaban J connectivity index is 1.50. The smallest absolute Gasteiger partial charge is 0.265 e. The quantitative estimate of drug-likeness (QED) is 0.466. The first-order valence-corrected chi connectivity index (χ1v) is 11.1. The van der Waals surface area contributed by atoms with Crippen molar-refractivity contribution in [1.29, 1.82) is 0 Å². The first kappa shape index (κ1) is 19.5. The van der Waals surface area contributed by atoms with Crippen molar-refractivity contribution in [1.82, 2.24) is 19.7 Å². The fourth-order valence-corrected chi connectivity index (χ4v) is 4.74. The molecule has 1 amide bonds. The summed E-state index contributed by atoms with van der Waals surface area (Å²) in [7, 11) is 0. The molecule has 1 aliphatic carbocycles. The zero-order valence-corrected chi connectivity index (χ0v) is 17.9. The first-order valence-electron chi connectivity index (χ1n) is 11.1. The second-order valence-corrected chi connectivity index (χ2v) is 8.39. The highest BCUT2D eigenvalue weighted by atomic mass is 16.2. The lowest BCUT2D eigenvalue weighted by Crippen LogP contribution is -2.38. The normalized spacial score (nSPS) is 18.1. The van der Waals surface area contributed by atoms with Crippen LogP contribution in [-0.2, 0) is 4.79 Å². The summed E-state index contributed by atoms with van der Waals surface area (Å²) < 4.78 is 1.38. The predicted octanol–water partition coefficient (Wildman–Crippen LogP) is 4.83. The molecule has 33 heavy (non-hydrogen) atoms. The van der Waals surface area contributed by atoms with Crippen molar-refractivity contribution < 1.29 is 9.59 Å². The average Bonchev–Trinajstić information content (AvgIpc) is 3.24. The molecule has 0 bridgehead atoms. The molecule has 1 N–H and O–H groups in total. The van der Waals surface area contributed by atoms with Gasteiger partial charge in [0.1, 0.15) is 17.4 Å². The molecule has 2 aromatic carbocycles. The van der Waals surface area contributed by atoms with Gasteiger partial charge in [0.05, 0.1) is 11.0 Å². The van der Waals surface area contributed by atoms with Crippen LogP contribution in [0.2, 0.25) is 0 Å². The van der Waals surface area contributed by atoms with Crippen LogP contribution in [0.5, 0.6) is 0 Å². The summed E-state index contributed by atoms with van der Waals surface area (Å²) in [5, 5.41) is 7.74. The Kier molecular flexibility index (Phi) is 4.61. The van der Waals surface area contributed by atoms with Crippen LogP contribution in [0.25, 0.3) is 27.9 Å². The SMILES string of the molecule is O=C1Nc2c(C3=CCCCC3)c(-c3ccccc3)nn2C(=O)C1c1ccc2nccnc2c1. The molecule has 2 aromatic heterocycles. The Bertz CT molecular complexity index is 1440.